The van der Waals surface area contributed by atoms with Gasteiger partial charge in [0.25, 0.3) is 0 Å². The zero-order valence-electron chi connectivity index (χ0n) is 9.44. The summed E-state index contributed by atoms with van der Waals surface area (Å²) in [6, 6.07) is -1.60. The molecular weight excluding hydrogens is 286 g/mol. The van der Waals surface area contributed by atoms with Crippen LogP contribution in [0, 0.1) is 0 Å². The Kier molecular flexibility index (Phi) is 4.70. The molecule has 18 heavy (non-hydrogen) atoms. The van der Waals surface area contributed by atoms with E-state index in [4.69, 9.17) is 10.2 Å². The molecule has 0 amide bonds. The molecule has 10 heteroatoms. The summed E-state index contributed by atoms with van der Waals surface area (Å²) >= 11 is 0. The van der Waals surface area contributed by atoms with Gasteiger partial charge in [0.1, 0.15) is 15.9 Å². The average molecular weight is 301 g/mol. The third-order valence-corrected chi connectivity index (χ3v) is 6.41. The molecular formula is C8H15NO7S2. The number of aliphatic hydroxyl groups excluding tert-OH is 1. The van der Waals surface area contributed by atoms with Crippen molar-refractivity contribution in [2.75, 3.05) is 18.1 Å². The largest absolute Gasteiger partial charge is 0.480 e. The van der Waals surface area contributed by atoms with Crippen LogP contribution in [0.2, 0.25) is 0 Å². The Balaban J connectivity index is 2.73. The zero-order valence-corrected chi connectivity index (χ0v) is 11.1. The molecule has 0 bridgehead atoms. The van der Waals surface area contributed by atoms with E-state index in [0.29, 0.717) is 0 Å². The molecule has 8 nitrogen and oxygen atoms in total. The van der Waals surface area contributed by atoms with Gasteiger partial charge in [-0.1, -0.05) is 0 Å². The van der Waals surface area contributed by atoms with E-state index in [1.165, 1.54) is 0 Å². The van der Waals surface area contributed by atoms with Gasteiger partial charge in [-0.2, -0.15) is 4.72 Å². The van der Waals surface area contributed by atoms with E-state index in [1.54, 1.807) is 0 Å². The lowest BCUT2D eigenvalue weighted by atomic mass is 10.2. The molecule has 0 aromatic rings. The maximum atomic E-state index is 11.8. The second-order valence-electron chi connectivity index (χ2n) is 4.09. The maximum absolute atomic E-state index is 11.8. The van der Waals surface area contributed by atoms with E-state index in [0.717, 1.165) is 0 Å². The minimum absolute atomic E-state index is 0.0601. The summed E-state index contributed by atoms with van der Waals surface area (Å²) in [7, 11) is -7.13. The van der Waals surface area contributed by atoms with Crippen LogP contribution in [0.3, 0.4) is 0 Å². The van der Waals surface area contributed by atoms with Crippen molar-refractivity contribution >= 4 is 25.8 Å². The molecule has 1 aliphatic rings. The van der Waals surface area contributed by atoms with E-state index in [2.05, 4.69) is 0 Å². The molecule has 0 aromatic heterocycles. The quantitative estimate of drug-likeness (QED) is 0.530. The number of carboxylic acid groups (broad SMARTS) is 1. The van der Waals surface area contributed by atoms with Crippen LogP contribution in [0.4, 0.5) is 0 Å². The Morgan fingerprint density at radius 3 is 2.22 bits per heavy atom. The molecule has 106 valence electrons. The lowest BCUT2D eigenvalue weighted by Crippen LogP contribution is -2.48. The minimum Gasteiger partial charge on any atom is -0.480 e. The molecule has 1 fully saturated rings. The Hall–Kier alpha value is -0.710. The number of rotatable bonds is 5. The van der Waals surface area contributed by atoms with Gasteiger partial charge in [0.05, 0.1) is 23.4 Å². The van der Waals surface area contributed by atoms with Crippen LogP contribution in [0.1, 0.15) is 12.8 Å². The first-order valence-electron chi connectivity index (χ1n) is 5.23. The van der Waals surface area contributed by atoms with Crippen molar-refractivity contribution in [1.82, 2.24) is 4.72 Å². The summed E-state index contributed by atoms with van der Waals surface area (Å²) in [6.45, 7) is -0.862. The van der Waals surface area contributed by atoms with Crippen LogP contribution in [0.25, 0.3) is 0 Å². The van der Waals surface area contributed by atoms with Crippen LogP contribution >= 0.6 is 0 Å². The molecule has 0 spiro atoms. The van der Waals surface area contributed by atoms with Crippen molar-refractivity contribution in [2.45, 2.75) is 24.1 Å². The highest BCUT2D eigenvalue weighted by Crippen LogP contribution is 2.18. The molecule has 1 aliphatic heterocycles. The van der Waals surface area contributed by atoms with E-state index < -0.39 is 43.7 Å². The van der Waals surface area contributed by atoms with Crippen LogP contribution in [0.5, 0.6) is 0 Å². The first kappa shape index (κ1) is 15.3. The fourth-order valence-corrected chi connectivity index (χ4v) is 5.05. The van der Waals surface area contributed by atoms with Crippen LogP contribution in [-0.4, -0.2) is 62.4 Å². The fourth-order valence-electron chi connectivity index (χ4n) is 1.64. The van der Waals surface area contributed by atoms with Gasteiger partial charge in [-0.25, -0.2) is 16.8 Å². The number of carbonyl (C=O) groups is 1. The molecule has 0 saturated carbocycles. The van der Waals surface area contributed by atoms with Gasteiger partial charge in [0, 0.05) is 0 Å². The summed E-state index contributed by atoms with van der Waals surface area (Å²) in [5, 5.41) is 16.4. The number of sulfonamides is 1. The Labute approximate surface area is 105 Å². The lowest BCUT2D eigenvalue weighted by Gasteiger charge is -2.23. The molecule has 1 atom stereocenters. The average Bonchev–Trinajstić information content (AvgIpc) is 2.25. The standard InChI is InChI=1S/C8H15NO7S2/c10-5-7(8(11)12)9-18(15,16)6-1-3-17(13,14)4-2-6/h6-7,9-10H,1-5H2,(H,11,12)/t7-/m1/s1. The van der Waals surface area contributed by atoms with Gasteiger partial charge in [0.2, 0.25) is 10.0 Å². The predicted octanol–water partition coefficient (Wildman–Crippen LogP) is -2.07. The number of aliphatic hydroxyl groups is 1. The highest BCUT2D eigenvalue weighted by atomic mass is 32.2. The SMILES string of the molecule is O=C(O)[C@@H](CO)NS(=O)(=O)C1CCS(=O)(=O)CC1. The van der Waals surface area contributed by atoms with Gasteiger partial charge in [-0.15, -0.1) is 0 Å². The number of carboxylic acids is 1. The molecule has 1 heterocycles. The topological polar surface area (TPSA) is 138 Å². The minimum atomic E-state index is -3.95. The molecule has 0 aliphatic carbocycles. The molecule has 1 saturated heterocycles. The Morgan fingerprint density at radius 2 is 1.83 bits per heavy atom. The Morgan fingerprint density at radius 1 is 1.33 bits per heavy atom. The highest BCUT2D eigenvalue weighted by Gasteiger charge is 2.35. The van der Waals surface area contributed by atoms with E-state index in [-0.39, 0.29) is 24.3 Å². The number of hydrogen-bond acceptors (Lipinski definition) is 6. The molecule has 0 radical (unpaired) electrons. The van der Waals surface area contributed by atoms with Crippen LogP contribution in [-0.2, 0) is 24.7 Å². The van der Waals surface area contributed by atoms with Crippen molar-refractivity contribution in [3.63, 3.8) is 0 Å². The molecule has 0 unspecified atom stereocenters. The van der Waals surface area contributed by atoms with E-state index in [9.17, 15) is 21.6 Å². The fraction of sp³-hybridized carbons (Fsp3) is 0.875. The summed E-state index contributed by atoms with van der Waals surface area (Å²) in [5.74, 6) is -1.94. The normalized spacial score (nSPS) is 22.5. The summed E-state index contributed by atoms with van der Waals surface area (Å²) in [5.41, 5.74) is 0. The van der Waals surface area contributed by atoms with Crippen LogP contribution in [0.15, 0.2) is 0 Å². The zero-order chi connectivity index (χ0) is 14.0. The first-order chi connectivity index (χ1) is 8.18. The number of aliphatic carboxylic acids is 1. The first-order valence-corrected chi connectivity index (χ1v) is 8.60. The second-order valence-corrected chi connectivity index (χ2v) is 8.38. The van der Waals surface area contributed by atoms with Gasteiger partial charge >= 0.3 is 5.97 Å². The lowest BCUT2D eigenvalue weighted by molar-refractivity contribution is -0.139. The third kappa shape index (κ3) is 3.90. The monoisotopic (exact) mass is 301 g/mol. The molecule has 0 aromatic carbocycles. The van der Waals surface area contributed by atoms with Gasteiger partial charge in [0.15, 0.2) is 0 Å². The summed E-state index contributed by atoms with van der Waals surface area (Å²) < 4.78 is 47.8. The second kappa shape index (κ2) is 5.51. The molecule has 3 N–H and O–H groups in total. The van der Waals surface area contributed by atoms with Gasteiger partial charge < -0.3 is 10.2 Å². The van der Waals surface area contributed by atoms with E-state index >= 15 is 0 Å². The number of sulfone groups is 1. The molecule has 1 rings (SSSR count). The maximum Gasteiger partial charge on any atom is 0.324 e. The highest BCUT2D eigenvalue weighted by molar-refractivity contribution is 7.92. The van der Waals surface area contributed by atoms with Crippen molar-refractivity contribution < 1.29 is 31.8 Å². The van der Waals surface area contributed by atoms with Crippen molar-refractivity contribution in [1.29, 1.82) is 0 Å². The predicted molar refractivity (Wildman–Crippen MR) is 62.2 cm³/mol. The van der Waals surface area contributed by atoms with Crippen LogP contribution < -0.4 is 4.72 Å². The Bertz CT molecular complexity index is 496. The van der Waals surface area contributed by atoms with E-state index in [1.807, 2.05) is 4.72 Å². The van der Waals surface area contributed by atoms with Gasteiger partial charge in [-0.05, 0) is 12.8 Å². The van der Waals surface area contributed by atoms with Crippen molar-refractivity contribution in [3.05, 3.63) is 0 Å². The number of nitrogens with one attached hydrogen (secondary N) is 1. The summed E-state index contributed by atoms with van der Waals surface area (Å²) in [4.78, 5) is 10.6. The third-order valence-electron chi connectivity index (χ3n) is 2.73. The number of hydrogen-bond donors (Lipinski definition) is 3. The smallest absolute Gasteiger partial charge is 0.324 e. The van der Waals surface area contributed by atoms with Crippen molar-refractivity contribution in [2.24, 2.45) is 0 Å². The summed E-state index contributed by atoms with van der Waals surface area (Å²) in [6.07, 6.45) is -0.120. The van der Waals surface area contributed by atoms with Crippen molar-refractivity contribution in [3.8, 4) is 0 Å². The van der Waals surface area contributed by atoms with Gasteiger partial charge in [-0.3, -0.25) is 4.79 Å².